The van der Waals surface area contributed by atoms with Crippen LogP contribution in [-0.2, 0) is 6.54 Å². The fourth-order valence-corrected chi connectivity index (χ4v) is 1.74. The molecule has 0 aliphatic rings. The highest BCUT2D eigenvalue weighted by Crippen LogP contribution is 2.17. The van der Waals surface area contributed by atoms with Crippen molar-refractivity contribution >= 4 is 11.6 Å². The van der Waals surface area contributed by atoms with E-state index in [1.807, 2.05) is 36.6 Å². The zero-order valence-electron chi connectivity index (χ0n) is 10.7. The highest BCUT2D eigenvalue weighted by atomic mass is 16.6. The maximum atomic E-state index is 11.4. The average molecular weight is 275 g/mol. The fourth-order valence-electron chi connectivity index (χ4n) is 1.74. The zero-order valence-corrected chi connectivity index (χ0v) is 10.7. The maximum Gasteiger partial charge on any atom is 0.320 e. The van der Waals surface area contributed by atoms with E-state index in [2.05, 4.69) is 5.10 Å². The molecular weight excluding hydrogens is 262 g/mol. The van der Waals surface area contributed by atoms with E-state index in [4.69, 9.17) is 5.84 Å². The number of nitrogens with one attached hydrogen (secondary N) is 1. The second kappa shape index (κ2) is 5.49. The Kier molecular flexibility index (Phi) is 3.76. The van der Waals surface area contributed by atoms with Gasteiger partial charge in [0, 0.05) is 0 Å². The predicted molar refractivity (Wildman–Crippen MR) is 70.8 cm³/mol. The number of hydrogen-bond acceptors (Lipinski definition) is 5. The van der Waals surface area contributed by atoms with Gasteiger partial charge in [0.05, 0.1) is 11.5 Å². The molecule has 1 aromatic carbocycles. The molecule has 0 fully saturated rings. The molecule has 0 saturated carbocycles. The van der Waals surface area contributed by atoms with E-state index in [0.29, 0.717) is 6.54 Å². The van der Waals surface area contributed by atoms with Crippen LogP contribution in [0.5, 0.6) is 0 Å². The van der Waals surface area contributed by atoms with E-state index >= 15 is 0 Å². The Morgan fingerprint density at radius 2 is 2.10 bits per heavy atom. The van der Waals surface area contributed by atoms with Crippen LogP contribution in [-0.4, -0.2) is 20.6 Å². The summed E-state index contributed by atoms with van der Waals surface area (Å²) in [5, 5.41) is 14.8. The van der Waals surface area contributed by atoms with Gasteiger partial charge >= 0.3 is 5.69 Å². The number of nitrogens with two attached hydrogens (primary N) is 1. The average Bonchev–Trinajstić information content (AvgIpc) is 2.84. The lowest BCUT2D eigenvalue weighted by molar-refractivity contribution is -0.385. The van der Waals surface area contributed by atoms with Crippen molar-refractivity contribution in [1.29, 1.82) is 0 Å². The van der Waals surface area contributed by atoms with E-state index < -0.39 is 10.8 Å². The highest BCUT2D eigenvalue weighted by molar-refractivity contribution is 5.95. The first-order chi connectivity index (χ1) is 9.51. The molecule has 0 spiro atoms. The van der Waals surface area contributed by atoms with Crippen LogP contribution < -0.4 is 11.3 Å². The molecule has 0 aliphatic heterocycles. The summed E-state index contributed by atoms with van der Waals surface area (Å²) in [7, 11) is 0. The SMILES string of the molecule is Cc1ccc(Cn2cc([N+](=O)[O-])c(C(=O)NN)n2)cc1. The van der Waals surface area contributed by atoms with Crippen molar-refractivity contribution in [2.45, 2.75) is 13.5 Å². The van der Waals surface area contributed by atoms with Gasteiger partial charge in [-0.15, -0.1) is 0 Å². The molecule has 8 nitrogen and oxygen atoms in total. The van der Waals surface area contributed by atoms with Crippen LogP contribution in [0.1, 0.15) is 21.6 Å². The Hall–Kier alpha value is -2.74. The van der Waals surface area contributed by atoms with Gasteiger partial charge in [-0.05, 0) is 12.5 Å². The van der Waals surface area contributed by atoms with Crippen LogP contribution in [0.2, 0.25) is 0 Å². The first-order valence-electron chi connectivity index (χ1n) is 5.79. The molecule has 104 valence electrons. The number of aromatic nitrogens is 2. The number of benzene rings is 1. The van der Waals surface area contributed by atoms with E-state index in [1.54, 1.807) is 0 Å². The van der Waals surface area contributed by atoms with Crippen molar-refractivity contribution in [3.63, 3.8) is 0 Å². The van der Waals surface area contributed by atoms with Crippen LogP contribution >= 0.6 is 0 Å². The molecule has 0 aliphatic carbocycles. The number of nitro groups is 1. The number of amides is 1. The largest absolute Gasteiger partial charge is 0.320 e. The molecule has 3 N–H and O–H groups in total. The second-order valence-corrected chi connectivity index (χ2v) is 4.28. The van der Waals surface area contributed by atoms with Crippen LogP contribution in [0.15, 0.2) is 30.5 Å². The molecule has 8 heteroatoms. The van der Waals surface area contributed by atoms with Crippen molar-refractivity contribution in [3.8, 4) is 0 Å². The number of hydrogen-bond donors (Lipinski definition) is 2. The van der Waals surface area contributed by atoms with Gasteiger partial charge in [-0.2, -0.15) is 5.10 Å². The molecule has 0 radical (unpaired) electrons. The third-order valence-electron chi connectivity index (χ3n) is 2.75. The summed E-state index contributed by atoms with van der Waals surface area (Å²) >= 11 is 0. The minimum Gasteiger partial charge on any atom is -0.289 e. The fraction of sp³-hybridized carbons (Fsp3) is 0.167. The Labute approximate surface area is 114 Å². The van der Waals surface area contributed by atoms with Crippen molar-refractivity contribution in [3.05, 3.63) is 57.4 Å². The molecule has 0 unspecified atom stereocenters. The second-order valence-electron chi connectivity index (χ2n) is 4.28. The van der Waals surface area contributed by atoms with Gasteiger partial charge in [0.15, 0.2) is 0 Å². The minimum atomic E-state index is -0.792. The van der Waals surface area contributed by atoms with Crippen molar-refractivity contribution < 1.29 is 9.72 Å². The number of hydrazine groups is 1. The molecule has 2 rings (SSSR count). The maximum absolute atomic E-state index is 11.4. The van der Waals surface area contributed by atoms with Gasteiger partial charge in [0.1, 0.15) is 6.20 Å². The number of aryl methyl sites for hydroxylation is 1. The third kappa shape index (κ3) is 2.81. The summed E-state index contributed by atoms with van der Waals surface area (Å²) in [4.78, 5) is 21.7. The van der Waals surface area contributed by atoms with Crippen LogP contribution in [0.4, 0.5) is 5.69 Å². The number of rotatable bonds is 4. The van der Waals surface area contributed by atoms with Crippen LogP contribution in [0.25, 0.3) is 0 Å². The Balaban J connectivity index is 2.31. The predicted octanol–water partition coefficient (Wildman–Crippen LogP) is 0.752. The molecule has 1 heterocycles. The molecule has 0 atom stereocenters. The lowest BCUT2D eigenvalue weighted by Gasteiger charge is -2.01. The third-order valence-corrected chi connectivity index (χ3v) is 2.75. The molecule has 20 heavy (non-hydrogen) atoms. The summed E-state index contributed by atoms with van der Waals surface area (Å²) in [5.74, 6) is 4.19. The zero-order chi connectivity index (χ0) is 14.7. The van der Waals surface area contributed by atoms with Gasteiger partial charge in [-0.1, -0.05) is 29.8 Å². The highest BCUT2D eigenvalue weighted by Gasteiger charge is 2.24. The van der Waals surface area contributed by atoms with E-state index in [-0.39, 0.29) is 11.4 Å². The Morgan fingerprint density at radius 3 is 2.65 bits per heavy atom. The quantitative estimate of drug-likeness (QED) is 0.369. The van der Waals surface area contributed by atoms with Gasteiger partial charge < -0.3 is 0 Å². The summed E-state index contributed by atoms with van der Waals surface area (Å²) < 4.78 is 1.34. The Bertz CT molecular complexity index is 648. The van der Waals surface area contributed by atoms with E-state index in [0.717, 1.165) is 11.1 Å². The molecule has 0 saturated heterocycles. The molecule has 1 aromatic heterocycles. The first kappa shape index (κ1) is 13.7. The molecule has 1 amide bonds. The smallest absolute Gasteiger partial charge is 0.289 e. The molecule has 0 bridgehead atoms. The van der Waals surface area contributed by atoms with Crippen molar-refractivity contribution in [1.82, 2.24) is 15.2 Å². The van der Waals surface area contributed by atoms with Crippen LogP contribution in [0, 0.1) is 17.0 Å². The number of carbonyl (C=O) groups is 1. The van der Waals surface area contributed by atoms with E-state index in [1.165, 1.54) is 10.9 Å². The minimum absolute atomic E-state index is 0.301. The van der Waals surface area contributed by atoms with Gasteiger partial charge in [0.25, 0.3) is 5.91 Å². The van der Waals surface area contributed by atoms with Gasteiger partial charge in [-0.3, -0.25) is 25.0 Å². The number of nitrogen functional groups attached to an aromatic ring is 1. The lowest BCUT2D eigenvalue weighted by Crippen LogP contribution is -2.31. The van der Waals surface area contributed by atoms with Crippen molar-refractivity contribution in [2.75, 3.05) is 0 Å². The van der Waals surface area contributed by atoms with Crippen LogP contribution in [0.3, 0.4) is 0 Å². The first-order valence-corrected chi connectivity index (χ1v) is 5.79. The normalized spacial score (nSPS) is 10.3. The number of carbonyl (C=O) groups excluding carboxylic acids is 1. The standard InChI is InChI=1S/C12H13N5O3/c1-8-2-4-9(5-3-8)6-16-7-10(17(19)20)11(15-16)12(18)14-13/h2-5,7H,6,13H2,1H3,(H,14,18). The monoisotopic (exact) mass is 275 g/mol. The summed E-state index contributed by atoms with van der Waals surface area (Å²) in [6, 6.07) is 7.65. The van der Waals surface area contributed by atoms with Gasteiger partial charge in [0.2, 0.25) is 5.69 Å². The van der Waals surface area contributed by atoms with E-state index in [9.17, 15) is 14.9 Å². The summed E-state index contributed by atoms with van der Waals surface area (Å²) in [6.45, 7) is 2.30. The molecular formula is C12H13N5O3. The molecule has 2 aromatic rings. The van der Waals surface area contributed by atoms with Gasteiger partial charge in [-0.25, -0.2) is 5.84 Å². The van der Waals surface area contributed by atoms with Crippen molar-refractivity contribution in [2.24, 2.45) is 5.84 Å². The number of nitrogens with zero attached hydrogens (tertiary/aromatic N) is 3. The summed E-state index contributed by atoms with van der Waals surface area (Å²) in [5.41, 5.74) is 3.20. The summed E-state index contributed by atoms with van der Waals surface area (Å²) in [6.07, 6.45) is 1.21. The topological polar surface area (TPSA) is 116 Å². The Morgan fingerprint density at radius 1 is 1.45 bits per heavy atom. The lowest BCUT2D eigenvalue weighted by atomic mass is 10.1.